The highest BCUT2D eigenvalue weighted by atomic mass is 16.5. The van der Waals surface area contributed by atoms with Crippen molar-refractivity contribution < 1.29 is 9.84 Å². The van der Waals surface area contributed by atoms with Crippen LogP contribution in [0.2, 0.25) is 0 Å². The van der Waals surface area contributed by atoms with E-state index in [9.17, 15) is 5.11 Å². The molecule has 0 bridgehead atoms. The number of hydrogen-bond acceptors (Lipinski definition) is 2. The number of benzene rings is 2. The van der Waals surface area contributed by atoms with Gasteiger partial charge in [0.1, 0.15) is 12.4 Å². The van der Waals surface area contributed by atoms with Crippen LogP contribution in [0.25, 0.3) is 0 Å². The van der Waals surface area contributed by atoms with E-state index in [1.807, 2.05) is 24.3 Å². The van der Waals surface area contributed by atoms with Crippen LogP contribution in [0.1, 0.15) is 43.9 Å². The Kier molecular flexibility index (Phi) is 5.84. The molecule has 0 aliphatic carbocycles. The van der Waals surface area contributed by atoms with Crippen molar-refractivity contribution in [2.24, 2.45) is 5.41 Å². The molecule has 2 heteroatoms. The molecular weight excluding hydrogens is 284 g/mol. The van der Waals surface area contributed by atoms with Gasteiger partial charge in [-0.25, -0.2) is 0 Å². The number of hydrogen-bond donors (Lipinski definition) is 1. The van der Waals surface area contributed by atoms with Crippen LogP contribution in [0, 0.1) is 12.3 Å². The lowest BCUT2D eigenvalue weighted by molar-refractivity contribution is 0.0560. The first-order valence-corrected chi connectivity index (χ1v) is 8.30. The minimum absolute atomic E-state index is 0.0589. The van der Waals surface area contributed by atoms with Gasteiger partial charge in [-0.1, -0.05) is 57.2 Å². The van der Waals surface area contributed by atoms with Gasteiger partial charge in [-0.15, -0.1) is 0 Å². The van der Waals surface area contributed by atoms with E-state index in [-0.39, 0.29) is 11.5 Å². The lowest BCUT2D eigenvalue weighted by Crippen LogP contribution is -2.26. The number of rotatable bonds is 6. The molecule has 0 aliphatic heterocycles. The van der Waals surface area contributed by atoms with Crippen molar-refractivity contribution in [2.45, 2.75) is 53.2 Å². The predicted molar refractivity (Wildman–Crippen MR) is 95.7 cm³/mol. The summed E-state index contributed by atoms with van der Waals surface area (Å²) < 4.78 is 5.86. The van der Waals surface area contributed by atoms with Crippen LogP contribution in [-0.4, -0.2) is 11.2 Å². The summed E-state index contributed by atoms with van der Waals surface area (Å²) in [5.41, 5.74) is 3.64. The second-order valence-electron chi connectivity index (χ2n) is 7.28. The van der Waals surface area contributed by atoms with Crippen molar-refractivity contribution in [1.82, 2.24) is 0 Å². The Bertz CT molecular complexity index is 608. The number of ether oxygens (including phenoxy) is 1. The maximum atomic E-state index is 10.1. The zero-order chi connectivity index (χ0) is 16.9. The standard InChI is InChI=1S/C21H28O2/c1-16-7-5-6-8-18(16)15-23-19-12-9-17(10-13-19)11-14-20(22)21(2,3)4/h5-10,12-13,20,22H,11,14-15H2,1-4H3. The van der Waals surface area contributed by atoms with Crippen LogP contribution in [0.4, 0.5) is 0 Å². The highest BCUT2D eigenvalue weighted by Crippen LogP contribution is 2.23. The zero-order valence-corrected chi connectivity index (χ0v) is 14.7. The van der Waals surface area contributed by atoms with E-state index in [1.54, 1.807) is 0 Å². The molecule has 0 radical (unpaired) electrons. The summed E-state index contributed by atoms with van der Waals surface area (Å²) in [6, 6.07) is 16.5. The highest BCUT2D eigenvalue weighted by molar-refractivity contribution is 5.29. The SMILES string of the molecule is Cc1ccccc1COc1ccc(CCC(O)C(C)(C)C)cc1. The third-order valence-electron chi connectivity index (χ3n) is 4.29. The van der Waals surface area contributed by atoms with Gasteiger partial charge < -0.3 is 9.84 Å². The monoisotopic (exact) mass is 312 g/mol. The van der Waals surface area contributed by atoms with Crippen LogP contribution < -0.4 is 4.74 Å². The highest BCUT2D eigenvalue weighted by Gasteiger charge is 2.21. The molecule has 0 aliphatic rings. The van der Waals surface area contributed by atoms with Gasteiger partial charge in [-0.05, 0) is 54.0 Å². The predicted octanol–water partition coefficient (Wildman–Crippen LogP) is 4.91. The minimum atomic E-state index is -0.278. The molecule has 2 rings (SSSR count). The van der Waals surface area contributed by atoms with Gasteiger partial charge in [0.15, 0.2) is 0 Å². The van der Waals surface area contributed by atoms with Gasteiger partial charge in [-0.3, -0.25) is 0 Å². The molecule has 1 unspecified atom stereocenters. The molecule has 124 valence electrons. The van der Waals surface area contributed by atoms with Crippen molar-refractivity contribution >= 4 is 0 Å². The maximum Gasteiger partial charge on any atom is 0.119 e. The molecule has 2 aromatic carbocycles. The molecule has 0 aromatic heterocycles. The Morgan fingerprint density at radius 1 is 1.00 bits per heavy atom. The van der Waals surface area contributed by atoms with Crippen LogP contribution >= 0.6 is 0 Å². The van der Waals surface area contributed by atoms with Crippen molar-refractivity contribution in [3.63, 3.8) is 0 Å². The van der Waals surface area contributed by atoms with Gasteiger partial charge in [-0.2, -0.15) is 0 Å². The topological polar surface area (TPSA) is 29.5 Å². The summed E-state index contributed by atoms with van der Waals surface area (Å²) >= 11 is 0. The summed E-state index contributed by atoms with van der Waals surface area (Å²) in [6.45, 7) is 8.90. The normalized spacial score (nSPS) is 12.9. The van der Waals surface area contributed by atoms with E-state index in [1.165, 1.54) is 16.7 Å². The summed E-state index contributed by atoms with van der Waals surface area (Å²) in [7, 11) is 0. The molecule has 0 saturated carbocycles. The molecule has 1 atom stereocenters. The lowest BCUT2D eigenvalue weighted by Gasteiger charge is -2.25. The summed E-state index contributed by atoms with van der Waals surface area (Å²) in [6.07, 6.45) is 1.39. The van der Waals surface area contributed by atoms with Crippen molar-refractivity contribution in [3.8, 4) is 5.75 Å². The molecule has 0 fully saturated rings. The molecule has 0 spiro atoms. The molecule has 23 heavy (non-hydrogen) atoms. The quantitative estimate of drug-likeness (QED) is 0.821. The molecule has 0 amide bonds. The maximum absolute atomic E-state index is 10.1. The van der Waals surface area contributed by atoms with E-state index in [4.69, 9.17) is 4.74 Å². The first-order valence-electron chi connectivity index (χ1n) is 8.30. The Morgan fingerprint density at radius 3 is 2.26 bits per heavy atom. The second kappa shape index (κ2) is 7.65. The minimum Gasteiger partial charge on any atom is -0.489 e. The Balaban J connectivity index is 1.86. The van der Waals surface area contributed by atoms with Crippen LogP contribution in [-0.2, 0) is 13.0 Å². The van der Waals surface area contributed by atoms with Crippen LogP contribution in [0.15, 0.2) is 48.5 Å². The van der Waals surface area contributed by atoms with E-state index in [0.29, 0.717) is 6.61 Å². The number of aryl methyl sites for hydroxylation is 2. The van der Waals surface area contributed by atoms with Crippen molar-refractivity contribution in [1.29, 1.82) is 0 Å². The van der Waals surface area contributed by atoms with E-state index in [2.05, 4.69) is 52.0 Å². The second-order valence-corrected chi connectivity index (χ2v) is 7.28. The smallest absolute Gasteiger partial charge is 0.119 e. The van der Waals surface area contributed by atoms with Crippen LogP contribution in [0.3, 0.4) is 0 Å². The average molecular weight is 312 g/mol. The van der Waals surface area contributed by atoms with Gasteiger partial charge in [0.25, 0.3) is 0 Å². The molecule has 1 N–H and O–H groups in total. The summed E-state index contributed by atoms with van der Waals surface area (Å²) in [4.78, 5) is 0. The van der Waals surface area contributed by atoms with E-state index < -0.39 is 0 Å². The molecule has 2 nitrogen and oxygen atoms in total. The fraction of sp³-hybridized carbons (Fsp3) is 0.429. The molecular formula is C21H28O2. The van der Waals surface area contributed by atoms with Gasteiger partial charge in [0.2, 0.25) is 0 Å². The Labute approximate surface area is 140 Å². The first kappa shape index (κ1) is 17.6. The summed E-state index contributed by atoms with van der Waals surface area (Å²) in [5.74, 6) is 0.883. The van der Waals surface area contributed by atoms with E-state index >= 15 is 0 Å². The largest absolute Gasteiger partial charge is 0.489 e. The van der Waals surface area contributed by atoms with Crippen molar-refractivity contribution in [2.75, 3.05) is 0 Å². The number of aliphatic hydroxyl groups excluding tert-OH is 1. The van der Waals surface area contributed by atoms with Gasteiger partial charge >= 0.3 is 0 Å². The molecule has 2 aromatic rings. The molecule has 0 saturated heterocycles. The Morgan fingerprint density at radius 2 is 1.65 bits per heavy atom. The third kappa shape index (κ3) is 5.40. The number of aliphatic hydroxyl groups is 1. The third-order valence-corrected chi connectivity index (χ3v) is 4.29. The lowest BCUT2D eigenvalue weighted by atomic mass is 9.86. The fourth-order valence-corrected chi connectivity index (χ4v) is 2.42. The zero-order valence-electron chi connectivity index (χ0n) is 14.7. The first-order chi connectivity index (χ1) is 10.9. The van der Waals surface area contributed by atoms with Crippen LogP contribution in [0.5, 0.6) is 5.75 Å². The summed E-state index contributed by atoms with van der Waals surface area (Å²) in [5, 5.41) is 10.1. The Hall–Kier alpha value is -1.80. The molecule has 0 heterocycles. The van der Waals surface area contributed by atoms with Gasteiger partial charge in [0.05, 0.1) is 6.10 Å². The fourth-order valence-electron chi connectivity index (χ4n) is 2.42. The van der Waals surface area contributed by atoms with Gasteiger partial charge in [0, 0.05) is 0 Å². The van der Waals surface area contributed by atoms with Crippen molar-refractivity contribution in [3.05, 3.63) is 65.2 Å². The average Bonchev–Trinajstić information content (AvgIpc) is 2.52. The van der Waals surface area contributed by atoms with E-state index in [0.717, 1.165) is 18.6 Å².